The van der Waals surface area contributed by atoms with Crippen LogP contribution in [0, 0.1) is 0 Å². The molecular formula is C11H12ClNO. The molecule has 1 aromatic carbocycles. The molecule has 2 aromatic rings. The van der Waals surface area contributed by atoms with Crippen LogP contribution in [0.1, 0.15) is 5.56 Å². The van der Waals surface area contributed by atoms with Crippen molar-refractivity contribution < 1.29 is 5.11 Å². The number of hydrogen-bond acceptors (Lipinski definition) is 1. The zero-order chi connectivity index (χ0) is 10.1. The topological polar surface area (TPSA) is 25.2 Å². The average molecular weight is 210 g/mol. The van der Waals surface area contributed by atoms with Crippen molar-refractivity contribution in [2.24, 2.45) is 7.05 Å². The molecule has 0 unspecified atom stereocenters. The summed E-state index contributed by atoms with van der Waals surface area (Å²) in [5.74, 6) is 0.924. The normalized spacial score (nSPS) is 11.0. The maximum absolute atomic E-state index is 9.50. The van der Waals surface area contributed by atoms with Gasteiger partial charge in [-0.2, -0.15) is 0 Å². The van der Waals surface area contributed by atoms with Crippen molar-refractivity contribution in [3.63, 3.8) is 0 Å². The third kappa shape index (κ3) is 1.46. The van der Waals surface area contributed by atoms with Gasteiger partial charge in [0, 0.05) is 24.4 Å². The molecule has 0 bridgehead atoms. The maximum Gasteiger partial charge on any atom is 0.191 e. The van der Waals surface area contributed by atoms with Crippen LogP contribution in [0.2, 0.25) is 0 Å². The maximum atomic E-state index is 9.50. The summed E-state index contributed by atoms with van der Waals surface area (Å²) in [6, 6.07) is 7.89. The van der Waals surface area contributed by atoms with E-state index in [1.54, 1.807) is 10.6 Å². The number of halogens is 1. The Morgan fingerprint density at radius 2 is 2.14 bits per heavy atom. The lowest BCUT2D eigenvalue weighted by molar-refractivity contribution is 0.435. The number of aromatic nitrogens is 1. The fraction of sp³-hybridized carbons (Fsp3) is 0.273. The Morgan fingerprint density at radius 3 is 2.86 bits per heavy atom. The van der Waals surface area contributed by atoms with Gasteiger partial charge in [0.2, 0.25) is 0 Å². The van der Waals surface area contributed by atoms with Crippen molar-refractivity contribution in [3.05, 3.63) is 29.8 Å². The van der Waals surface area contributed by atoms with Gasteiger partial charge in [-0.25, -0.2) is 0 Å². The van der Waals surface area contributed by atoms with E-state index in [0.717, 1.165) is 17.3 Å². The van der Waals surface area contributed by atoms with Crippen molar-refractivity contribution in [3.8, 4) is 5.88 Å². The number of alkyl halides is 1. The fourth-order valence-electron chi connectivity index (χ4n) is 1.65. The summed E-state index contributed by atoms with van der Waals surface area (Å²) in [6.07, 6.45) is 0.868. The molecule has 0 aliphatic carbocycles. The molecule has 0 spiro atoms. The summed E-state index contributed by atoms with van der Waals surface area (Å²) in [6.45, 7) is 0. The van der Waals surface area contributed by atoms with E-state index in [1.807, 2.05) is 19.2 Å². The van der Waals surface area contributed by atoms with Crippen molar-refractivity contribution in [2.75, 3.05) is 5.88 Å². The Bertz CT molecular complexity index is 462. The lowest BCUT2D eigenvalue weighted by Gasteiger charge is -1.99. The lowest BCUT2D eigenvalue weighted by Crippen LogP contribution is -1.88. The van der Waals surface area contributed by atoms with Crippen LogP contribution < -0.4 is 0 Å². The van der Waals surface area contributed by atoms with Gasteiger partial charge in [0.05, 0.1) is 5.52 Å². The second-order valence-corrected chi connectivity index (χ2v) is 3.77. The molecule has 0 saturated carbocycles. The van der Waals surface area contributed by atoms with Crippen LogP contribution in [0.15, 0.2) is 24.3 Å². The van der Waals surface area contributed by atoms with Crippen molar-refractivity contribution >= 4 is 22.5 Å². The second-order valence-electron chi connectivity index (χ2n) is 3.39. The first-order valence-electron chi connectivity index (χ1n) is 4.55. The third-order valence-corrected chi connectivity index (χ3v) is 2.65. The van der Waals surface area contributed by atoms with E-state index >= 15 is 0 Å². The van der Waals surface area contributed by atoms with Gasteiger partial charge in [-0.15, -0.1) is 11.6 Å². The highest BCUT2D eigenvalue weighted by Crippen LogP contribution is 2.24. The molecule has 3 heteroatoms. The molecule has 0 radical (unpaired) electrons. The molecule has 1 N–H and O–H groups in total. The number of aryl methyl sites for hydroxylation is 2. The number of hydrogen-bond donors (Lipinski definition) is 1. The van der Waals surface area contributed by atoms with E-state index in [4.69, 9.17) is 11.6 Å². The minimum atomic E-state index is 0.294. The highest BCUT2D eigenvalue weighted by Gasteiger charge is 2.04. The van der Waals surface area contributed by atoms with E-state index in [-0.39, 0.29) is 0 Å². The van der Waals surface area contributed by atoms with Crippen LogP contribution in [-0.2, 0) is 13.5 Å². The molecule has 2 rings (SSSR count). The molecule has 0 saturated heterocycles. The first kappa shape index (κ1) is 9.41. The van der Waals surface area contributed by atoms with Crippen LogP contribution in [0.4, 0.5) is 0 Å². The monoisotopic (exact) mass is 209 g/mol. The minimum Gasteiger partial charge on any atom is -0.494 e. The number of fused-ring (bicyclic) bond motifs is 1. The molecule has 0 fully saturated rings. The summed E-state index contributed by atoms with van der Waals surface area (Å²) < 4.78 is 1.76. The Balaban J connectivity index is 2.56. The third-order valence-electron chi connectivity index (χ3n) is 2.46. The summed E-state index contributed by atoms with van der Waals surface area (Å²) >= 11 is 5.67. The average Bonchev–Trinajstić information content (AvgIpc) is 2.43. The fourth-order valence-corrected chi connectivity index (χ4v) is 1.87. The van der Waals surface area contributed by atoms with Crippen LogP contribution >= 0.6 is 11.6 Å². The number of benzene rings is 1. The van der Waals surface area contributed by atoms with Crippen molar-refractivity contribution in [1.82, 2.24) is 4.57 Å². The zero-order valence-corrected chi connectivity index (χ0v) is 8.75. The Kier molecular flexibility index (Phi) is 2.38. The number of nitrogens with zero attached hydrogens (tertiary/aromatic N) is 1. The quantitative estimate of drug-likeness (QED) is 0.756. The van der Waals surface area contributed by atoms with E-state index in [9.17, 15) is 5.11 Å². The number of aromatic hydroxyl groups is 1. The Morgan fingerprint density at radius 1 is 1.36 bits per heavy atom. The highest BCUT2D eigenvalue weighted by atomic mass is 35.5. The summed E-state index contributed by atoms with van der Waals surface area (Å²) in [5, 5.41) is 10.6. The van der Waals surface area contributed by atoms with E-state index in [2.05, 4.69) is 6.07 Å². The smallest absolute Gasteiger partial charge is 0.191 e. The molecule has 0 aliphatic rings. The largest absolute Gasteiger partial charge is 0.494 e. The summed E-state index contributed by atoms with van der Waals surface area (Å²) in [7, 11) is 1.85. The van der Waals surface area contributed by atoms with E-state index in [0.29, 0.717) is 11.8 Å². The standard InChI is InChI=1S/C11H12ClNO/c1-13-10-3-2-8(4-5-12)6-9(10)7-11(13)14/h2-3,6-7,14H,4-5H2,1H3. The highest BCUT2D eigenvalue weighted by molar-refractivity contribution is 6.18. The first-order valence-corrected chi connectivity index (χ1v) is 5.09. The molecule has 14 heavy (non-hydrogen) atoms. The van der Waals surface area contributed by atoms with Gasteiger partial charge in [-0.05, 0) is 24.1 Å². The van der Waals surface area contributed by atoms with Crippen molar-refractivity contribution in [1.29, 1.82) is 0 Å². The van der Waals surface area contributed by atoms with Crippen LogP contribution in [-0.4, -0.2) is 15.6 Å². The summed E-state index contributed by atoms with van der Waals surface area (Å²) in [5.41, 5.74) is 2.25. The Hall–Kier alpha value is -1.15. The zero-order valence-electron chi connectivity index (χ0n) is 8.00. The molecule has 0 aliphatic heterocycles. The van der Waals surface area contributed by atoms with Gasteiger partial charge < -0.3 is 9.67 Å². The molecular weight excluding hydrogens is 198 g/mol. The van der Waals surface area contributed by atoms with Crippen LogP contribution in [0.25, 0.3) is 10.9 Å². The van der Waals surface area contributed by atoms with Gasteiger partial charge in [0.1, 0.15) is 0 Å². The van der Waals surface area contributed by atoms with Crippen molar-refractivity contribution in [2.45, 2.75) is 6.42 Å². The van der Waals surface area contributed by atoms with Gasteiger partial charge in [0.25, 0.3) is 0 Å². The second kappa shape index (κ2) is 3.54. The molecule has 2 nitrogen and oxygen atoms in total. The summed E-state index contributed by atoms with van der Waals surface area (Å²) in [4.78, 5) is 0. The predicted octanol–water partition coefficient (Wildman–Crippen LogP) is 2.67. The molecule has 0 amide bonds. The van der Waals surface area contributed by atoms with Crippen LogP contribution in [0.5, 0.6) is 5.88 Å². The van der Waals surface area contributed by atoms with Crippen LogP contribution in [0.3, 0.4) is 0 Å². The van der Waals surface area contributed by atoms with E-state index in [1.165, 1.54) is 5.56 Å². The predicted molar refractivity (Wildman–Crippen MR) is 59.0 cm³/mol. The first-order chi connectivity index (χ1) is 6.72. The van der Waals surface area contributed by atoms with Gasteiger partial charge in [-0.1, -0.05) is 6.07 Å². The van der Waals surface area contributed by atoms with Gasteiger partial charge in [-0.3, -0.25) is 0 Å². The molecule has 0 atom stereocenters. The lowest BCUT2D eigenvalue weighted by atomic mass is 10.1. The Labute approximate surface area is 87.7 Å². The minimum absolute atomic E-state index is 0.294. The molecule has 1 heterocycles. The van der Waals surface area contributed by atoms with E-state index < -0.39 is 0 Å². The number of rotatable bonds is 2. The van der Waals surface area contributed by atoms with Gasteiger partial charge >= 0.3 is 0 Å². The molecule has 74 valence electrons. The molecule has 1 aromatic heterocycles. The van der Waals surface area contributed by atoms with Gasteiger partial charge in [0.15, 0.2) is 5.88 Å². The SMILES string of the molecule is Cn1c(O)cc2cc(CCCl)ccc21.